The number of carbonyl (C=O) groups is 4. The molecule has 0 saturated carbocycles. The van der Waals surface area contributed by atoms with Crippen molar-refractivity contribution in [1.29, 1.82) is 0 Å². The third-order valence-electron chi connectivity index (χ3n) is 6.01. The highest BCUT2D eigenvalue weighted by Gasteiger charge is 2.36. The number of ether oxygens (including phenoxy) is 1. The van der Waals surface area contributed by atoms with Gasteiger partial charge in [0, 0.05) is 24.1 Å². The SMILES string of the molecule is COc1ccc2c(CC(=O)N3CCCC3C(=O)NC(CC(C)C)C(=O)NCC(=O)O)cc(=O)oc2c1. The van der Waals surface area contributed by atoms with E-state index < -0.39 is 42.0 Å². The first-order valence-electron chi connectivity index (χ1n) is 11.8. The van der Waals surface area contributed by atoms with Gasteiger partial charge in [-0.15, -0.1) is 0 Å². The molecule has 0 spiro atoms. The number of nitrogens with one attached hydrogen (secondary N) is 2. The molecule has 3 amide bonds. The van der Waals surface area contributed by atoms with Crippen molar-refractivity contribution in [2.75, 3.05) is 20.2 Å². The molecule has 2 unspecified atom stereocenters. The van der Waals surface area contributed by atoms with Gasteiger partial charge in [-0.25, -0.2) is 4.79 Å². The molecule has 1 aromatic carbocycles. The van der Waals surface area contributed by atoms with Gasteiger partial charge in [-0.1, -0.05) is 13.8 Å². The number of carbonyl (C=O) groups excluding carboxylic acids is 3. The Morgan fingerprint density at radius 3 is 2.64 bits per heavy atom. The summed E-state index contributed by atoms with van der Waals surface area (Å²) in [5.74, 6) is -2.01. The number of rotatable bonds is 10. The van der Waals surface area contributed by atoms with Crippen LogP contribution in [0.4, 0.5) is 0 Å². The van der Waals surface area contributed by atoms with Crippen LogP contribution in [0, 0.1) is 5.92 Å². The van der Waals surface area contributed by atoms with Crippen LogP contribution in [0.3, 0.4) is 0 Å². The van der Waals surface area contributed by atoms with E-state index >= 15 is 0 Å². The molecule has 0 radical (unpaired) electrons. The van der Waals surface area contributed by atoms with Crippen LogP contribution < -0.4 is 21.0 Å². The van der Waals surface area contributed by atoms with Crippen LogP contribution in [0.15, 0.2) is 33.5 Å². The van der Waals surface area contributed by atoms with E-state index in [4.69, 9.17) is 14.3 Å². The number of nitrogens with zero attached hydrogens (tertiary/aromatic N) is 1. The van der Waals surface area contributed by atoms with Crippen molar-refractivity contribution in [1.82, 2.24) is 15.5 Å². The molecule has 0 aliphatic carbocycles. The third kappa shape index (κ3) is 6.61. The number of methoxy groups -OCH3 is 1. The first-order chi connectivity index (χ1) is 17.1. The molecule has 11 heteroatoms. The second-order valence-corrected chi connectivity index (χ2v) is 9.18. The Kier molecular flexibility index (Phi) is 8.68. The maximum absolute atomic E-state index is 13.2. The summed E-state index contributed by atoms with van der Waals surface area (Å²) in [6.07, 6.45) is 1.25. The molecular weight excluding hydrogens is 470 g/mol. The van der Waals surface area contributed by atoms with Gasteiger partial charge in [0.05, 0.1) is 13.5 Å². The topological polar surface area (TPSA) is 155 Å². The summed E-state index contributed by atoms with van der Waals surface area (Å²) in [5.41, 5.74) is 0.174. The largest absolute Gasteiger partial charge is 0.497 e. The van der Waals surface area contributed by atoms with Crippen LogP contribution in [-0.2, 0) is 25.6 Å². The van der Waals surface area contributed by atoms with Crippen molar-refractivity contribution < 1.29 is 33.4 Å². The van der Waals surface area contributed by atoms with E-state index in [1.54, 1.807) is 18.2 Å². The number of likely N-dealkylation sites (tertiary alicyclic amines) is 1. The fourth-order valence-corrected chi connectivity index (χ4v) is 4.34. The number of carboxylic acids is 1. The molecular formula is C25H31N3O8. The van der Waals surface area contributed by atoms with E-state index in [0.717, 1.165) is 0 Å². The Labute approximate surface area is 207 Å². The van der Waals surface area contributed by atoms with Gasteiger partial charge in [0.1, 0.15) is 30.0 Å². The van der Waals surface area contributed by atoms with E-state index in [1.165, 1.54) is 18.1 Å². The third-order valence-corrected chi connectivity index (χ3v) is 6.01. The van der Waals surface area contributed by atoms with Crippen LogP contribution in [0.25, 0.3) is 11.0 Å². The lowest BCUT2D eigenvalue weighted by molar-refractivity contribution is -0.140. The predicted molar refractivity (Wildman–Crippen MR) is 130 cm³/mol. The summed E-state index contributed by atoms with van der Waals surface area (Å²) < 4.78 is 10.4. The van der Waals surface area contributed by atoms with Crippen molar-refractivity contribution in [2.24, 2.45) is 5.92 Å². The zero-order valence-corrected chi connectivity index (χ0v) is 20.5. The van der Waals surface area contributed by atoms with Gasteiger partial charge in [0.25, 0.3) is 0 Å². The standard InChI is InChI=1S/C25H31N3O8/c1-14(2)9-18(24(33)26-13-22(30)31)27-25(34)19-5-4-8-28(19)21(29)10-15-11-23(32)36-20-12-16(35-3)6-7-17(15)20/h6-7,11-12,14,18-19H,4-5,8-10,13H2,1-3H3,(H,26,33)(H,27,34)(H,30,31). The first-order valence-corrected chi connectivity index (χ1v) is 11.8. The van der Waals surface area contributed by atoms with Gasteiger partial charge in [-0.3, -0.25) is 19.2 Å². The first kappa shape index (κ1) is 26.7. The molecule has 0 bridgehead atoms. The lowest BCUT2D eigenvalue weighted by Crippen LogP contribution is -2.54. The molecule has 1 aliphatic rings. The molecule has 194 valence electrons. The quantitative estimate of drug-likeness (QED) is 0.408. The summed E-state index contributed by atoms with van der Waals surface area (Å²) in [4.78, 5) is 63.1. The van der Waals surface area contributed by atoms with E-state index in [0.29, 0.717) is 48.1 Å². The second-order valence-electron chi connectivity index (χ2n) is 9.18. The smallest absolute Gasteiger partial charge is 0.336 e. The Bertz CT molecular complexity index is 1210. The van der Waals surface area contributed by atoms with Crippen LogP contribution in [-0.4, -0.2) is 66.0 Å². The Morgan fingerprint density at radius 1 is 1.22 bits per heavy atom. The number of benzene rings is 1. The monoisotopic (exact) mass is 501 g/mol. The van der Waals surface area contributed by atoms with Gasteiger partial charge in [-0.2, -0.15) is 0 Å². The normalized spacial score (nSPS) is 16.1. The summed E-state index contributed by atoms with van der Waals surface area (Å²) >= 11 is 0. The highest BCUT2D eigenvalue weighted by atomic mass is 16.5. The van der Waals surface area contributed by atoms with E-state index in [9.17, 15) is 24.0 Å². The van der Waals surface area contributed by atoms with Crippen molar-refractivity contribution in [2.45, 2.75) is 51.6 Å². The molecule has 1 aliphatic heterocycles. The van der Waals surface area contributed by atoms with E-state index in [1.807, 2.05) is 13.8 Å². The highest BCUT2D eigenvalue weighted by Crippen LogP contribution is 2.25. The van der Waals surface area contributed by atoms with Crippen LogP contribution in [0.5, 0.6) is 5.75 Å². The minimum Gasteiger partial charge on any atom is -0.497 e. The summed E-state index contributed by atoms with van der Waals surface area (Å²) in [6.45, 7) is 3.57. The lowest BCUT2D eigenvalue weighted by atomic mass is 10.0. The van der Waals surface area contributed by atoms with Crippen LogP contribution in [0.2, 0.25) is 0 Å². The van der Waals surface area contributed by atoms with E-state index in [-0.39, 0.29) is 18.2 Å². The van der Waals surface area contributed by atoms with E-state index in [2.05, 4.69) is 10.6 Å². The summed E-state index contributed by atoms with van der Waals surface area (Å²) in [6, 6.07) is 4.55. The summed E-state index contributed by atoms with van der Waals surface area (Å²) in [7, 11) is 1.49. The molecule has 3 rings (SSSR count). The van der Waals surface area contributed by atoms with Gasteiger partial charge in [0.15, 0.2) is 0 Å². The average Bonchev–Trinajstić information content (AvgIpc) is 3.31. The number of hydrogen-bond acceptors (Lipinski definition) is 7. The maximum atomic E-state index is 13.2. The molecule has 3 N–H and O–H groups in total. The Morgan fingerprint density at radius 2 is 1.97 bits per heavy atom. The zero-order chi connectivity index (χ0) is 26.4. The summed E-state index contributed by atoms with van der Waals surface area (Å²) in [5, 5.41) is 14.4. The highest BCUT2D eigenvalue weighted by molar-refractivity contribution is 5.94. The van der Waals surface area contributed by atoms with Gasteiger partial charge < -0.3 is 29.8 Å². The second kappa shape index (κ2) is 11.7. The fraction of sp³-hybridized carbons (Fsp3) is 0.480. The number of amides is 3. The van der Waals surface area contributed by atoms with Crippen molar-refractivity contribution >= 4 is 34.7 Å². The molecule has 2 atom stereocenters. The Balaban J connectivity index is 1.75. The molecule has 2 aromatic rings. The molecule has 1 fully saturated rings. The zero-order valence-electron chi connectivity index (χ0n) is 20.5. The average molecular weight is 502 g/mol. The maximum Gasteiger partial charge on any atom is 0.336 e. The van der Waals surface area contributed by atoms with Crippen molar-refractivity contribution in [3.05, 3.63) is 40.2 Å². The number of fused-ring (bicyclic) bond motifs is 1. The van der Waals surface area contributed by atoms with Gasteiger partial charge >= 0.3 is 11.6 Å². The minimum atomic E-state index is -1.19. The predicted octanol–water partition coefficient (Wildman–Crippen LogP) is 1.07. The minimum absolute atomic E-state index is 0.0591. The molecule has 1 aromatic heterocycles. The lowest BCUT2D eigenvalue weighted by Gasteiger charge is -2.27. The van der Waals surface area contributed by atoms with Crippen LogP contribution >= 0.6 is 0 Å². The van der Waals surface area contributed by atoms with Gasteiger partial charge in [-0.05, 0) is 42.9 Å². The molecule has 2 heterocycles. The molecule has 36 heavy (non-hydrogen) atoms. The van der Waals surface area contributed by atoms with Gasteiger partial charge in [0.2, 0.25) is 17.7 Å². The molecule has 1 saturated heterocycles. The number of aliphatic carboxylic acids is 1. The fourth-order valence-electron chi connectivity index (χ4n) is 4.34. The Hall–Kier alpha value is -3.89. The van der Waals surface area contributed by atoms with Crippen LogP contribution in [0.1, 0.15) is 38.7 Å². The molecule has 11 nitrogen and oxygen atoms in total. The number of carboxylic acid groups (broad SMARTS) is 1. The van der Waals surface area contributed by atoms with Crippen molar-refractivity contribution in [3.63, 3.8) is 0 Å². The number of hydrogen-bond donors (Lipinski definition) is 3. The van der Waals surface area contributed by atoms with Crippen molar-refractivity contribution in [3.8, 4) is 5.75 Å².